The van der Waals surface area contributed by atoms with Crippen LogP contribution in [0.4, 0.5) is 5.13 Å². The Hall–Kier alpha value is -2.69. The normalized spacial score (nSPS) is 17.1. The molecule has 1 amide bonds. The van der Waals surface area contributed by atoms with Crippen LogP contribution in [0.15, 0.2) is 41.3 Å². The van der Waals surface area contributed by atoms with Gasteiger partial charge in [-0.05, 0) is 31.9 Å². The number of thiazole rings is 1. The Bertz CT molecular complexity index is 1180. The number of sulfonamides is 1. The summed E-state index contributed by atoms with van der Waals surface area (Å²) in [6.45, 7) is 2.20. The van der Waals surface area contributed by atoms with Gasteiger partial charge in [0, 0.05) is 18.7 Å². The number of carbonyl (C=O) groups is 1. The van der Waals surface area contributed by atoms with Gasteiger partial charge in [0.1, 0.15) is 6.04 Å². The summed E-state index contributed by atoms with van der Waals surface area (Å²) in [6.07, 6.45) is 1.08. The average Bonchev–Trinajstić information content (AvgIpc) is 3.39. The zero-order valence-corrected chi connectivity index (χ0v) is 19.0. The quantitative estimate of drug-likeness (QED) is 0.604. The maximum absolute atomic E-state index is 13.1. The highest BCUT2D eigenvalue weighted by Gasteiger charge is 2.39. The molecule has 2 aromatic carbocycles. The summed E-state index contributed by atoms with van der Waals surface area (Å²) in [5.41, 5.74) is 1.63. The lowest BCUT2D eigenvalue weighted by Gasteiger charge is -2.23. The van der Waals surface area contributed by atoms with Crippen molar-refractivity contribution < 1.29 is 22.7 Å². The second-order valence-electron chi connectivity index (χ2n) is 7.27. The smallest absolute Gasteiger partial charge is 0.244 e. The molecule has 0 bridgehead atoms. The van der Waals surface area contributed by atoms with E-state index >= 15 is 0 Å². The van der Waals surface area contributed by atoms with Crippen molar-refractivity contribution in [1.82, 2.24) is 9.29 Å². The van der Waals surface area contributed by atoms with Crippen molar-refractivity contribution in [3.05, 3.63) is 42.0 Å². The van der Waals surface area contributed by atoms with Crippen molar-refractivity contribution in [3.63, 3.8) is 0 Å². The molecule has 1 saturated heterocycles. The summed E-state index contributed by atoms with van der Waals surface area (Å²) in [4.78, 5) is 17.6. The Kier molecular flexibility index (Phi) is 5.87. The molecular weight excluding hydrogens is 438 g/mol. The first-order valence-electron chi connectivity index (χ1n) is 9.75. The molecule has 1 N–H and O–H groups in total. The monoisotopic (exact) mass is 461 g/mol. The molecular formula is C21H23N3O5S2. The molecule has 4 rings (SSSR count). The van der Waals surface area contributed by atoms with Crippen molar-refractivity contribution in [2.75, 3.05) is 26.1 Å². The van der Waals surface area contributed by atoms with Crippen LogP contribution in [0.1, 0.15) is 18.4 Å². The summed E-state index contributed by atoms with van der Waals surface area (Å²) < 4.78 is 38.9. The highest BCUT2D eigenvalue weighted by atomic mass is 32.2. The Morgan fingerprint density at radius 3 is 2.52 bits per heavy atom. The lowest BCUT2D eigenvalue weighted by molar-refractivity contribution is -0.119. The van der Waals surface area contributed by atoms with Crippen LogP contribution < -0.4 is 14.8 Å². The summed E-state index contributed by atoms with van der Waals surface area (Å²) in [7, 11) is -0.666. The number of nitrogens with one attached hydrogen (secondary N) is 1. The van der Waals surface area contributed by atoms with Gasteiger partial charge >= 0.3 is 0 Å². The first-order chi connectivity index (χ1) is 14.8. The fourth-order valence-corrected chi connectivity index (χ4v) is 6.17. The number of hydrogen-bond acceptors (Lipinski definition) is 7. The lowest BCUT2D eigenvalue weighted by atomic mass is 10.2. The second kappa shape index (κ2) is 8.45. The highest BCUT2D eigenvalue weighted by molar-refractivity contribution is 7.89. The zero-order valence-electron chi connectivity index (χ0n) is 17.4. The maximum atomic E-state index is 13.1. The predicted molar refractivity (Wildman–Crippen MR) is 119 cm³/mol. The number of rotatable bonds is 6. The number of amides is 1. The Labute approximate surface area is 184 Å². The summed E-state index contributed by atoms with van der Waals surface area (Å²) in [5, 5.41) is 3.19. The number of methoxy groups -OCH3 is 2. The molecule has 0 aliphatic carbocycles. The molecule has 0 spiro atoms. The molecule has 1 aliphatic heterocycles. The van der Waals surface area contributed by atoms with E-state index in [1.807, 2.05) is 6.92 Å². The van der Waals surface area contributed by atoms with Crippen molar-refractivity contribution in [2.45, 2.75) is 30.7 Å². The first-order valence-corrected chi connectivity index (χ1v) is 12.0. The molecule has 1 aromatic heterocycles. The minimum Gasteiger partial charge on any atom is -0.493 e. The van der Waals surface area contributed by atoms with Crippen LogP contribution in [0.2, 0.25) is 0 Å². The Morgan fingerprint density at radius 1 is 1.16 bits per heavy atom. The van der Waals surface area contributed by atoms with Gasteiger partial charge < -0.3 is 14.8 Å². The van der Waals surface area contributed by atoms with Crippen LogP contribution in [0, 0.1) is 6.92 Å². The minimum atomic E-state index is -3.76. The van der Waals surface area contributed by atoms with Crippen LogP contribution in [-0.4, -0.2) is 50.4 Å². The van der Waals surface area contributed by atoms with E-state index in [-0.39, 0.29) is 10.8 Å². The first kappa shape index (κ1) is 21.5. The van der Waals surface area contributed by atoms with E-state index in [1.54, 1.807) is 50.6 Å². The van der Waals surface area contributed by atoms with Crippen molar-refractivity contribution in [3.8, 4) is 11.5 Å². The molecule has 1 atom stereocenters. The number of carbonyl (C=O) groups excluding carboxylic acids is 1. The van der Waals surface area contributed by atoms with Crippen molar-refractivity contribution >= 4 is 42.6 Å². The fraction of sp³-hybridized carbons (Fsp3) is 0.333. The van der Waals surface area contributed by atoms with E-state index in [0.717, 1.165) is 10.3 Å². The minimum absolute atomic E-state index is 0.192. The van der Waals surface area contributed by atoms with Crippen LogP contribution in [0.3, 0.4) is 0 Å². The van der Waals surface area contributed by atoms with Crippen molar-refractivity contribution in [1.29, 1.82) is 0 Å². The molecule has 0 saturated carbocycles. The van der Waals surface area contributed by atoms with E-state index in [2.05, 4.69) is 10.3 Å². The van der Waals surface area contributed by atoms with Gasteiger partial charge in [-0.1, -0.05) is 29.0 Å². The highest BCUT2D eigenvalue weighted by Crippen LogP contribution is 2.36. The van der Waals surface area contributed by atoms with Crippen molar-refractivity contribution in [2.24, 2.45) is 0 Å². The van der Waals surface area contributed by atoms with Gasteiger partial charge in [-0.25, -0.2) is 13.4 Å². The molecule has 1 fully saturated rings. The molecule has 3 aromatic rings. The number of fused-ring (bicyclic) bond motifs is 1. The van der Waals surface area contributed by atoms with Crippen LogP contribution in [0.5, 0.6) is 11.5 Å². The SMILES string of the molecule is COc1cc2nc(NC(=O)[C@H]3CCCN3S(=O)(=O)c3ccc(C)cc3)sc2cc1OC. The number of anilines is 1. The Balaban J connectivity index is 1.57. The third-order valence-electron chi connectivity index (χ3n) is 5.26. The number of aromatic nitrogens is 1. The standard InChI is InChI=1S/C21H23N3O5S2/c1-13-6-8-14(9-7-13)31(26,27)24-10-4-5-16(24)20(25)23-21-22-15-11-17(28-2)18(29-3)12-19(15)30-21/h6-9,11-12,16H,4-5,10H2,1-3H3,(H,22,23,25)/t16-/m1/s1. The molecule has 0 unspecified atom stereocenters. The van der Waals surface area contributed by atoms with E-state index < -0.39 is 16.1 Å². The number of nitrogens with zero attached hydrogens (tertiary/aromatic N) is 2. The van der Waals surface area contributed by atoms with Crippen LogP contribution in [-0.2, 0) is 14.8 Å². The number of aryl methyl sites for hydroxylation is 1. The lowest BCUT2D eigenvalue weighted by Crippen LogP contribution is -2.43. The van der Waals surface area contributed by atoms with Crippen LogP contribution >= 0.6 is 11.3 Å². The predicted octanol–water partition coefficient (Wildman–Crippen LogP) is 3.41. The molecule has 0 radical (unpaired) electrons. The maximum Gasteiger partial charge on any atom is 0.244 e. The molecule has 2 heterocycles. The molecule has 8 nitrogen and oxygen atoms in total. The van der Waals surface area contributed by atoms with Gasteiger partial charge in [-0.3, -0.25) is 4.79 Å². The van der Waals surface area contributed by atoms with Gasteiger partial charge in [-0.2, -0.15) is 4.31 Å². The van der Waals surface area contributed by atoms with Gasteiger partial charge in [0.25, 0.3) is 0 Å². The average molecular weight is 462 g/mol. The number of ether oxygens (including phenoxy) is 2. The van der Waals surface area contributed by atoms with E-state index in [4.69, 9.17) is 9.47 Å². The number of hydrogen-bond donors (Lipinski definition) is 1. The number of benzene rings is 2. The molecule has 164 valence electrons. The van der Waals surface area contributed by atoms with E-state index in [1.165, 1.54) is 15.6 Å². The molecule has 10 heteroatoms. The van der Waals surface area contributed by atoms with E-state index in [9.17, 15) is 13.2 Å². The Morgan fingerprint density at radius 2 is 1.84 bits per heavy atom. The fourth-order valence-electron chi connectivity index (χ4n) is 3.63. The van der Waals surface area contributed by atoms with Gasteiger partial charge in [-0.15, -0.1) is 0 Å². The molecule has 1 aliphatic rings. The summed E-state index contributed by atoms with van der Waals surface area (Å²) in [5.74, 6) is 0.734. The third kappa shape index (κ3) is 4.10. The second-order valence-corrected chi connectivity index (χ2v) is 10.2. The topological polar surface area (TPSA) is 97.8 Å². The largest absolute Gasteiger partial charge is 0.493 e. The van der Waals surface area contributed by atoms with Crippen LogP contribution in [0.25, 0.3) is 10.2 Å². The summed E-state index contributed by atoms with van der Waals surface area (Å²) >= 11 is 1.29. The molecule has 31 heavy (non-hydrogen) atoms. The third-order valence-corrected chi connectivity index (χ3v) is 8.11. The van der Waals surface area contributed by atoms with Gasteiger partial charge in [0.15, 0.2) is 16.6 Å². The van der Waals surface area contributed by atoms with Gasteiger partial charge in [0.2, 0.25) is 15.9 Å². The summed E-state index contributed by atoms with van der Waals surface area (Å²) in [6, 6.07) is 9.42. The van der Waals surface area contributed by atoms with E-state index in [0.29, 0.717) is 41.5 Å². The zero-order chi connectivity index (χ0) is 22.2. The van der Waals surface area contributed by atoms with Gasteiger partial charge in [0.05, 0.1) is 29.3 Å².